The Balaban J connectivity index is 1.33. The Hall–Kier alpha value is -2.57. The number of hydrogen-bond acceptors (Lipinski definition) is 4. The normalized spacial score (nSPS) is 22.1. The largest absolute Gasteiger partial charge is 0.493 e. The van der Waals surface area contributed by atoms with Crippen molar-refractivity contribution in [1.82, 2.24) is 15.1 Å². The van der Waals surface area contributed by atoms with Gasteiger partial charge in [-0.3, -0.25) is 14.4 Å². The Morgan fingerprint density at radius 1 is 1.11 bits per heavy atom. The van der Waals surface area contributed by atoms with E-state index in [4.69, 9.17) is 4.74 Å². The zero-order valence-corrected chi connectivity index (χ0v) is 15.4. The van der Waals surface area contributed by atoms with E-state index >= 15 is 0 Å². The molecule has 3 heterocycles. The van der Waals surface area contributed by atoms with Gasteiger partial charge in [0.1, 0.15) is 11.8 Å². The molecular formula is C20H25N3O4. The van der Waals surface area contributed by atoms with Crippen LogP contribution in [0, 0.1) is 0 Å². The summed E-state index contributed by atoms with van der Waals surface area (Å²) in [5.74, 6) is 0.944. The number of ether oxygens (including phenoxy) is 1. The first kappa shape index (κ1) is 17.8. The summed E-state index contributed by atoms with van der Waals surface area (Å²) in [6.07, 6.45) is 3.02. The molecule has 1 atom stereocenters. The zero-order valence-electron chi connectivity index (χ0n) is 15.4. The topological polar surface area (TPSA) is 79.0 Å². The molecule has 1 aromatic carbocycles. The van der Waals surface area contributed by atoms with Crippen molar-refractivity contribution < 1.29 is 19.1 Å². The number of fused-ring (bicyclic) bond motifs is 1. The molecule has 1 aromatic rings. The van der Waals surface area contributed by atoms with Gasteiger partial charge in [0.25, 0.3) is 0 Å². The summed E-state index contributed by atoms with van der Waals surface area (Å²) < 4.78 is 5.52. The van der Waals surface area contributed by atoms with Crippen LogP contribution in [0.2, 0.25) is 0 Å². The van der Waals surface area contributed by atoms with Crippen molar-refractivity contribution in [1.29, 1.82) is 0 Å². The van der Waals surface area contributed by atoms with Crippen LogP contribution in [-0.2, 0) is 27.2 Å². The highest BCUT2D eigenvalue weighted by Crippen LogP contribution is 2.26. The number of nitrogens with zero attached hydrogens (tertiary/aromatic N) is 2. The summed E-state index contributed by atoms with van der Waals surface area (Å²) in [6.45, 7) is 3.07. The fourth-order valence-electron chi connectivity index (χ4n) is 4.04. The molecule has 2 saturated heterocycles. The van der Waals surface area contributed by atoms with Crippen molar-refractivity contribution in [2.24, 2.45) is 0 Å². The number of hydrogen-bond donors (Lipinski definition) is 1. The third kappa shape index (κ3) is 3.91. The molecule has 0 spiro atoms. The average molecular weight is 371 g/mol. The van der Waals surface area contributed by atoms with Gasteiger partial charge in [0, 0.05) is 39.0 Å². The lowest BCUT2D eigenvalue weighted by atomic mass is 10.1. The van der Waals surface area contributed by atoms with Crippen LogP contribution < -0.4 is 10.1 Å². The fourth-order valence-corrected chi connectivity index (χ4v) is 4.04. The van der Waals surface area contributed by atoms with Gasteiger partial charge in [-0.2, -0.15) is 0 Å². The second-order valence-corrected chi connectivity index (χ2v) is 7.44. The highest BCUT2D eigenvalue weighted by atomic mass is 16.5. The van der Waals surface area contributed by atoms with E-state index in [9.17, 15) is 14.4 Å². The van der Waals surface area contributed by atoms with Crippen LogP contribution in [0.25, 0.3) is 0 Å². The minimum Gasteiger partial charge on any atom is -0.493 e. The SMILES string of the molecule is O=C1CCC(C(=O)N2CCCN(C(=O)Cc3ccc4c(c3)CCO4)CC2)N1. The summed E-state index contributed by atoms with van der Waals surface area (Å²) in [5, 5.41) is 2.74. The van der Waals surface area contributed by atoms with Gasteiger partial charge in [-0.1, -0.05) is 12.1 Å². The zero-order chi connectivity index (χ0) is 18.8. The maximum Gasteiger partial charge on any atom is 0.245 e. The van der Waals surface area contributed by atoms with Crippen molar-refractivity contribution in [3.63, 3.8) is 0 Å². The van der Waals surface area contributed by atoms with Crippen LogP contribution in [0.1, 0.15) is 30.4 Å². The number of carbonyl (C=O) groups excluding carboxylic acids is 3. The molecule has 0 aromatic heterocycles. The molecule has 3 amide bonds. The van der Waals surface area contributed by atoms with Gasteiger partial charge < -0.3 is 19.9 Å². The van der Waals surface area contributed by atoms with Gasteiger partial charge in [-0.05, 0) is 30.0 Å². The lowest BCUT2D eigenvalue weighted by Gasteiger charge is -2.24. The molecule has 7 nitrogen and oxygen atoms in total. The highest BCUT2D eigenvalue weighted by molar-refractivity contribution is 5.90. The summed E-state index contributed by atoms with van der Waals surface area (Å²) in [4.78, 5) is 40.3. The minimum atomic E-state index is -0.395. The smallest absolute Gasteiger partial charge is 0.245 e. The lowest BCUT2D eigenvalue weighted by molar-refractivity contribution is -0.135. The number of amides is 3. The number of nitrogens with one attached hydrogen (secondary N) is 1. The molecule has 3 aliphatic heterocycles. The molecule has 144 valence electrons. The van der Waals surface area contributed by atoms with Gasteiger partial charge in [0.15, 0.2) is 0 Å². The Bertz CT molecular complexity index is 764. The van der Waals surface area contributed by atoms with Gasteiger partial charge in [-0.25, -0.2) is 0 Å². The molecule has 7 heteroatoms. The Labute approximate surface area is 158 Å². The molecule has 0 aliphatic carbocycles. The third-order valence-electron chi connectivity index (χ3n) is 5.56. The molecule has 2 fully saturated rings. The third-order valence-corrected chi connectivity index (χ3v) is 5.56. The minimum absolute atomic E-state index is 0.0197. The summed E-state index contributed by atoms with van der Waals surface area (Å²) in [7, 11) is 0. The first-order chi connectivity index (χ1) is 13.1. The molecule has 3 aliphatic rings. The first-order valence-corrected chi connectivity index (χ1v) is 9.71. The molecule has 27 heavy (non-hydrogen) atoms. The van der Waals surface area contributed by atoms with E-state index in [1.807, 2.05) is 17.0 Å². The Kier molecular flexibility index (Phi) is 5.01. The van der Waals surface area contributed by atoms with Crippen LogP contribution in [0.15, 0.2) is 18.2 Å². The molecule has 1 N–H and O–H groups in total. The Morgan fingerprint density at radius 3 is 2.74 bits per heavy atom. The summed E-state index contributed by atoms with van der Waals surface area (Å²) >= 11 is 0. The monoisotopic (exact) mass is 371 g/mol. The van der Waals surface area contributed by atoms with Crippen molar-refractivity contribution in [2.45, 2.75) is 38.1 Å². The van der Waals surface area contributed by atoms with E-state index in [2.05, 4.69) is 11.4 Å². The summed E-state index contributed by atoms with van der Waals surface area (Å²) in [6, 6.07) is 5.58. The van der Waals surface area contributed by atoms with E-state index in [0.29, 0.717) is 52.0 Å². The van der Waals surface area contributed by atoms with Crippen molar-refractivity contribution >= 4 is 17.7 Å². The quantitative estimate of drug-likeness (QED) is 0.839. The van der Waals surface area contributed by atoms with Crippen LogP contribution in [0.4, 0.5) is 0 Å². The molecular weight excluding hydrogens is 346 g/mol. The van der Waals surface area contributed by atoms with E-state index < -0.39 is 6.04 Å². The molecule has 4 rings (SSSR count). The van der Waals surface area contributed by atoms with Crippen LogP contribution in [-0.4, -0.2) is 66.3 Å². The lowest BCUT2D eigenvalue weighted by Crippen LogP contribution is -2.46. The van der Waals surface area contributed by atoms with Crippen LogP contribution in [0.5, 0.6) is 5.75 Å². The molecule has 0 bridgehead atoms. The molecule has 1 unspecified atom stereocenters. The van der Waals surface area contributed by atoms with Crippen LogP contribution >= 0.6 is 0 Å². The number of benzene rings is 1. The van der Waals surface area contributed by atoms with Gasteiger partial charge in [0.05, 0.1) is 13.0 Å². The fraction of sp³-hybridized carbons (Fsp3) is 0.550. The number of carbonyl (C=O) groups is 3. The van der Waals surface area contributed by atoms with E-state index in [-0.39, 0.29) is 17.7 Å². The van der Waals surface area contributed by atoms with Gasteiger partial charge in [-0.15, -0.1) is 0 Å². The second-order valence-electron chi connectivity index (χ2n) is 7.44. The molecule has 0 radical (unpaired) electrons. The van der Waals surface area contributed by atoms with Crippen molar-refractivity contribution in [3.8, 4) is 5.75 Å². The second kappa shape index (κ2) is 7.58. The molecule has 0 saturated carbocycles. The van der Waals surface area contributed by atoms with E-state index in [0.717, 1.165) is 24.2 Å². The maximum absolute atomic E-state index is 12.7. The van der Waals surface area contributed by atoms with E-state index in [1.54, 1.807) is 4.90 Å². The summed E-state index contributed by atoms with van der Waals surface area (Å²) in [5.41, 5.74) is 2.18. The van der Waals surface area contributed by atoms with Crippen LogP contribution in [0.3, 0.4) is 0 Å². The van der Waals surface area contributed by atoms with Crippen molar-refractivity contribution in [2.75, 3.05) is 32.8 Å². The Morgan fingerprint density at radius 2 is 1.93 bits per heavy atom. The highest BCUT2D eigenvalue weighted by Gasteiger charge is 2.32. The average Bonchev–Trinajstić information content (AvgIpc) is 3.22. The van der Waals surface area contributed by atoms with Gasteiger partial charge in [0.2, 0.25) is 17.7 Å². The van der Waals surface area contributed by atoms with Crippen molar-refractivity contribution in [3.05, 3.63) is 29.3 Å². The van der Waals surface area contributed by atoms with E-state index in [1.165, 1.54) is 5.56 Å². The maximum atomic E-state index is 12.7. The standard InChI is InChI=1S/C20H25N3O4/c24-18-5-3-16(21-18)20(26)23-8-1-7-22(9-10-23)19(25)13-14-2-4-17-15(12-14)6-11-27-17/h2,4,12,16H,1,3,5-11,13H2,(H,21,24). The van der Waals surface area contributed by atoms with Gasteiger partial charge >= 0.3 is 0 Å². The first-order valence-electron chi connectivity index (χ1n) is 9.71. The predicted octanol–water partition coefficient (Wildman–Crippen LogP) is 0.504. The number of rotatable bonds is 3. The predicted molar refractivity (Wildman–Crippen MR) is 98.3 cm³/mol.